The van der Waals surface area contributed by atoms with Crippen molar-refractivity contribution in [3.8, 4) is 0 Å². The Kier molecular flexibility index (Phi) is 4.94. The molecule has 1 unspecified atom stereocenters. The topological polar surface area (TPSA) is 92.4 Å². The summed E-state index contributed by atoms with van der Waals surface area (Å²) in [5, 5.41) is 11.8. The molecule has 0 aliphatic heterocycles. The van der Waals surface area contributed by atoms with Crippen LogP contribution in [0.3, 0.4) is 0 Å². The number of carboxylic acid groups (broad SMARTS) is 1. The van der Waals surface area contributed by atoms with E-state index in [1.807, 2.05) is 0 Å². The number of nitrogens with one attached hydrogen (secondary N) is 1. The third-order valence-electron chi connectivity index (χ3n) is 3.20. The Hall–Kier alpha value is -1.56. The van der Waals surface area contributed by atoms with Crippen LogP contribution in [0.4, 0.5) is 5.69 Å². The molecular formula is C13H17BrN2O3. The van der Waals surface area contributed by atoms with Crippen LogP contribution in [0.1, 0.15) is 30.6 Å². The Labute approximate surface area is 120 Å². The fourth-order valence-electron chi connectivity index (χ4n) is 1.40. The van der Waals surface area contributed by atoms with Gasteiger partial charge in [0, 0.05) is 22.3 Å². The second kappa shape index (κ2) is 6.06. The van der Waals surface area contributed by atoms with Crippen molar-refractivity contribution in [1.82, 2.24) is 5.32 Å². The van der Waals surface area contributed by atoms with Crippen molar-refractivity contribution in [2.45, 2.75) is 20.3 Å². The van der Waals surface area contributed by atoms with E-state index in [0.717, 1.165) is 0 Å². The molecule has 0 heterocycles. The van der Waals surface area contributed by atoms with Crippen LogP contribution in [-0.2, 0) is 4.79 Å². The minimum absolute atomic E-state index is 0.0830. The number of carbonyl (C=O) groups excluding carboxylic acids is 1. The number of anilines is 1. The maximum atomic E-state index is 11.9. The quantitative estimate of drug-likeness (QED) is 0.723. The standard InChI is InChI=1S/C13H17BrN2O3/c1-3-13(2,12(18)19)7-16-11(17)8-4-5-10(15)9(14)6-8/h4-6H,3,7,15H2,1-2H3,(H,16,17)(H,18,19). The Morgan fingerprint density at radius 2 is 2.11 bits per heavy atom. The monoisotopic (exact) mass is 328 g/mol. The molecule has 0 aromatic heterocycles. The van der Waals surface area contributed by atoms with Crippen molar-refractivity contribution in [3.63, 3.8) is 0 Å². The van der Waals surface area contributed by atoms with Crippen molar-refractivity contribution in [1.29, 1.82) is 0 Å². The van der Waals surface area contributed by atoms with Crippen LogP contribution in [0.25, 0.3) is 0 Å². The first-order chi connectivity index (χ1) is 8.80. The molecule has 0 saturated heterocycles. The highest BCUT2D eigenvalue weighted by atomic mass is 79.9. The van der Waals surface area contributed by atoms with Gasteiger partial charge in [-0.1, -0.05) is 6.92 Å². The number of amides is 1. The smallest absolute Gasteiger partial charge is 0.311 e. The second-order valence-electron chi connectivity index (χ2n) is 4.64. The maximum absolute atomic E-state index is 11.9. The minimum Gasteiger partial charge on any atom is -0.481 e. The van der Waals surface area contributed by atoms with Crippen molar-refractivity contribution >= 4 is 33.5 Å². The average molecular weight is 329 g/mol. The van der Waals surface area contributed by atoms with Crippen LogP contribution in [0, 0.1) is 5.41 Å². The number of carboxylic acids is 1. The molecule has 1 aromatic rings. The number of rotatable bonds is 5. The van der Waals surface area contributed by atoms with Crippen LogP contribution in [-0.4, -0.2) is 23.5 Å². The van der Waals surface area contributed by atoms with Crippen molar-refractivity contribution in [3.05, 3.63) is 28.2 Å². The van der Waals surface area contributed by atoms with E-state index < -0.39 is 11.4 Å². The van der Waals surface area contributed by atoms with Crippen LogP contribution in [0.15, 0.2) is 22.7 Å². The van der Waals surface area contributed by atoms with Crippen LogP contribution >= 0.6 is 15.9 Å². The van der Waals surface area contributed by atoms with Crippen LogP contribution in [0.2, 0.25) is 0 Å². The Morgan fingerprint density at radius 1 is 1.47 bits per heavy atom. The predicted molar refractivity (Wildman–Crippen MR) is 76.9 cm³/mol. The van der Waals surface area contributed by atoms with E-state index >= 15 is 0 Å². The lowest BCUT2D eigenvalue weighted by Crippen LogP contribution is -2.40. The minimum atomic E-state index is -0.958. The van der Waals surface area contributed by atoms with Gasteiger partial charge in [-0.25, -0.2) is 0 Å². The number of nitrogens with two attached hydrogens (primary N) is 1. The van der Waals surface area contributed by atoms with E-state index in [9.17, 15) is 9.59 Å². The zero-order valence-electron chi connectivity index (χ0n) is 10.9. The van der Waals surface area contributed by atoms with Gasteiger partial charge < -0.3 is 16.2 Å². The number of benzene rings is 1. The molecule has 0 spiro atoms. The van der Waals surface area contributed by atoms with Gasteiger partial charge >= 0.3 is 5.97 Å². The first-order valence-electron chi connectivity index (χ1n) is 5.87. The van der Waals surface area contributed by atoms with E-state index in [1.165, 1.54) is 0 Å². The van der Waals surface area contributed by atoms with Gasteiger partial charge in [0.15, 0.2) is 0 Å². The summed E-state index contributed by atoms with van der Waals surface area (Å²) in [6, 6.07) is 4.82. The largest absolute Gasteiger partial charge is 0.481 e. The summed E-state index contributed by atoms with van der Waals surface area (Å²) >= 11 is 3.24. The number of aliphatic carboxylic acids is 1. The predicted octanol–water partition coefficient (Wildman–Crippen LogP) is 2.26. The SMILES string of the molecule is CCC(C)(CNC(=O)c1ccc(N)c(Br)c1)C(=O)O. The van der Waals surface area contributed by atoms with E-state index in [-0.39, 0.29) is 12.5 Å². The van der Waals surface area contributed by atoms with Gasteiger partial charge in [-0.2, -0.15) is 0 Å². The molecular weight excluding hydrogens is 312 g/mol. The molecule has 4 N–H and O–H groups in total. The molecule has 0 bridgehead atoms. The van der Waals surface area contributed by atoms with Crippen molar-refractivity contribution in [2.75, 3.05) is 12.3 Å². The highest BCUT2D eigenvalue weighted by molar-refractivity contribution is 9.10. The van der Waals surface area contributed by atoms with Crippen LogP contribution in [0.5, 0.6) is 0 Å². The van der Waals surface area contributed by atoms with E-state index in [0.29, 0.717) is 22.1 Å². The Balaban J connectivity index is 2.75. The Bertz CT molecular complexity index is 505. The molecule has 1 rings (SSSR count). The summed E-state index contributed by atoms with van der Waals surface area (Å²) in [6.45, 7) is 3.47. The van der Waals surface area contributed by atoms with E-state index in [2.05, 4.69) is 21.2 Å². The second-order valence-corrected chi connectivity index (χ2v) is 5.49. The zero-order valence-corrected chi connectivity index (χ0v) is 12.5. The highest BCUT2D eigenvalue weighted by Crippen LogP contribution is 2.22. The number of halogens is 1. The summed E-state index contributed by atoms with van der Waals surface area (Å²) in [6.07, 6.45) is 0.439. The number of carbonyl (C=O) groups is 2. The van der Waals surface area contributed by atoms with Gasteiger partial charge in [0.2, 0.25) is 0 Å². The fraction of sp³-hybridized carbons (Fsp3) is 0.385. The van der Waals surface area contributed by atoms with E-state index in [1.54, 1.807) is 32.0 Å². The van der Waals surface area contributed by atoms with Gasteiger partial charge in [0.25, 0.3) is 5.91 Å². The molecule has 6 heteroatoms. The molecule has 1 amide bonds. The van der Waals surface area contributed by atoms with Gasteiger partial charge in [-0.05, 0) is 47.5 Å². The summed E-state index contributed by atoms with van der Waals surface area (Å²) in [5.41, 5.74) is 5.66. The zero-order chi connectivity index (χ0) is 14.6. The molecule has 19 heavy (non-hydrogen) atoms. The maximum Gasteiger partial charge on any atom is 0.311 e. The molecule has 104 valence electrons. The van der Waals surface area contributed by atoms with Crippen molar-refractivity contribution in [2.24, 2.45) is 5.41 Å². The lowest BCUT2D eigenvalue weighted by Gasteiger charge is -2.23. The van der Waals surface area contributed by atoms with Gasteiger partial charge in [0.05, 0.1) is 5.41 Å². The summed E-state index contributed by atoms with van der Waals surface area (Å²) < 4.78 is 0.636. The van der Waals surface area contributed by atoms with Gasteiger partial charge in [-0.3, -0.25) is 9.59 Å². The molecule has 0 aliphatic carbocycles. The molecule has 0 aliphatic rings. The normalized spacial score (nSPS) is 13.6. The van der Waals surface area contributed by atoms with Crippen molar-refractivity contribution < 1.29 is 14.7 Å². The molecule has 0 radical (unpaired) electrons. The summed E-state index contributed by atoms with van der Waals surface area (Å²) in [5.74, 6) is -1.24. The highest BCUT2D eigenvalue weighted by Gasteiger charge is 2.31. The van der Waals surface area contributed by atoms with Crippen LogP contribution < -0.4 is 11.1 Å². The number of hydrogen-bond acceptors (Lipinski definition) is 3. The summed E-state index contributed by atoms with van der Waals surface area (Å²) in [4.78, 5) is 23.1. The lowest BCUT2D eigenvalue weighted by atomic mass is 9.87. The first kappa shape index (κ1) is 15.5. The third-order valence-corrected chi connectivity index (χ3v) is 3.89. The molecule has 0 fully saturated rings. The first-order valence-corrected chi connectivity index (χ1v) is 6.66. The van der Waals surface area contributed by atoms with E-state index in [4.69, 9.17) is 10.8 Å². The molecule has 1 aromatic carbocycles. The number of nitrogen functional groups attached to an aromatic ring is 1. The molecule has 0 saturated carbocycles. The summed E-state index contributed by atoms with van der Waals surface area (Å²) in [7, 11) is 0. The number of hydrogen-bond donors (Lipinski definition) is 3. The third kappa shape index (κ3) is 3.70. The molecule has 1 atom stereocenters. The van der Waals surface area contributed by atoms with Gasteiger partial charge in [0.1, 0.15) is 0 Å². The Morgan fingerprint density at radius 3 is 2.58 bits per heavy atom. The van der Waals surface area contributed by atoms with Gasteiger partial charge in [-0.15, -0.1) is 0 Å². The molecule has 5 nitrogen and oxygen atoms in total. The lowest BCUT2D eigenvalue weighted by molar-refractivity contribution is -0.147. The average Bonchev–Trinajstić information content (AvgIpc) is 2.38. The fourth-order valence-corrected chi connectivity index (χ4v) is 1.78.